The Hall–Kier alpha value is -2.12. The van der Waals surface area contributed by atoms with Crippen molar-refractivity contribution in [1.82, 2.24) is 10.0 Å². The van der Waals surface area contributed by atoms with Crippen LogP contribution in [0.25, 0.3) is 10.8 Å². The Morgan fingerprint density at radius 2 is 1.70 bits per heavy atom. The number of benzene rings is 2. The maximum Gasteiger partial charge on any atom is 0.407 e. The molecule has 0 radical (unpaired) electrons. The minimum absolute atomic E-state index is 0.258. The van der Waals surface area contributed by atoms with E-state index in [1.54, 1.807) is 12.1 Å². The predicted octanol–water partition coefficient (Wildman–Crippen LogP) is 4.45. The molecule has 3 rings (SSSR count). The van der Waals surface area contributed by atoms with Crippen LogP contribution in [-0.4, -0.2) is 33.2 Å². The summed E-state index contributed by atoms with van der Waals surface area (Å²) in [6.07, 6.45) is 3.53. The van der Waals surface area contributed by atoms with E-state index in [9.17, 15) is 13.2 Å². The molecule has 2 aromatic carbocycles. The number of sulfonamides is 1. The van der Waals surface area contributed by atoms with Crippen molar-refractivity contribution in [1.29, 1.82) is 0 Å². The van der Waals surface area contributed by atoms with Crippen LogP contribution in [0.2, 0.25) is 0 Å². The summed E-state index contributed by atoms with van der Waals surface area (Å²) in [4.78, 5) is 12.2. The Morgan fingerprint density at radius 1 is 1.03 bits per heavy atom. The third-order valence-corrected chi connectivity index (χ3v) is 6.91. The molecule has 0 saturated heterocycles. The van der Waals surface area contributed by atoms with Crippen LogP contribution < -0.4 is 10.0 Å². The van der Waals surface area contributed by atoms with Crippen molar-refractivity contribution in [2.75, 3.05) is 13.1 Å². The Kier molecular flexibility index (Phi) is 7.03. The van der Waals surface area contributed by atoms with E-state index in [-0.39, 0.29) is 5.92 Å². The standard InChI is InChI=1S/C23H32N2O4S/c1-23(2,3)29-22(26)24-15-17-8-6-9-18(14-17)16-25-30(27,28)21-13-7-11-19-10-4-5-12-20(19)21/h4-5,7,10-13,17-18,25H,6,8-9,14-16H2,1-3H3,(H,24,26)/t17-,18+/m0/s1. The third kappa shape index (κ3) is 6.19. The molecule has 30 heavy (non-hydrogen) atoms. The van der Waals surface area contributed by atoms with Crippen LogP contribution >= 0.6 is 0 Å². The lowest BCUT2D eigenvalue weighted by Gasteiger charge is -2.29. The largest absolute Gasteiger partial charge is 0.444 e. The van der Waals surface area contributed by atoms with Crippen LogP contribution in [0.5, 0.6) is 0 Å². The molecule has 2 aromatic rings. The molecule has 2 N–H and O–H groups in total. The SMILES string of the molecule is CC(C)(C)OC(=O)NC[C@H]1CCC[C@@H](CNS(=O)(=O)c2cccc3ccccc23)C1. The van der Waals surface area contributed by atoms with Crippen molar-refractivity contribution < 1.29 is 17.9 Å². The average Bonchev–Trinajstić information content (AvgIpc) is 2.69. The van der Waals surface area contributed by atoms with Gasteiger partial charge in [-0.15, -0.1) is 0 Å². The fraction of sp³-hybridized carbons (Fsp3) is 0.522. The molecule has 1 aliphatic carbocycles. The number of alkyl carbamates (subject to hydrolysis) is 1. The van der Waals surface area contributed by atoms with Crippen molar-refractivity contribution in [3.63, 3.8) is 0 Å². The van der Waals surface area contributed by atoms with Crippen molar-refractivity contribution in [2.24, 2.45) is 11.8 Å². The molecule has 1 aliphatic rings. The zero-order valence-electron chi connectivity index (χ0n) is 18.0. The van der Waals surface area contributed by atoms with Gasteiger partial charge in [0.2, 0.25) is 10.0 Å². The van der Waals surface area contributed by atoms with Crippen molar-refractivity contribution >= 4 is 26.9 Å². The Balaban J connectivity index is 1.55. The molecule has 0 unspecified atom stereocenters. The molecule has 164 valence electrons. The zero-order valence-corrected chi connectivity index (χ0v) is 18.8. The molecule has 0 heterocycles. The smallest absolute Gasteiger partial charge is 0.407 e. The number of hydrogen-bond donors (Lipinski definition) is 2. The van der Waals surface area contributed by atoms with Gasteiger partial charge in [-0.3, -0.25) is 0 Å². The highest BCUT2D eigenvalue weighted by molar-refractivity contribution is 7.89. The maximum atomic E-state index is 12.9. The number of nitrogens with one attached hydrogen (secondary N) is 2. The molecule has 1 amide bonds. The normalized spacial score (nSPS) is 20.1. The van der Waals surface area contributed by atoms with Gasteiger partial charge in [0.1, 0.15) is 5.60 Å². The van der Waals surface area contributed by atoms with Gasteiger partial charge in [0.05, 0.1) is 4.90 Å². The second-order valence-electron chi connectivity index (χ2n) is 9.11. The summed E-state index contributed by atoms with van der Waals surface area (Å²) in [5.74, 6) is 0.590. The molecular weight excluding hydrogens is 400 g/mol. The van der Waals surface area contributed by atoms with Gasteiger partial charge in [0.25, 0.3) is 0 Å². The lowest BCUT2D eigenvalue weighted by molar-refractivity contribution is 0.0512. The van der Waals surface area contributed by atoms with Gasteiger partial charge >= 0.3 is 6.09 Å². The summed E-state index contributed by atoms with van der Waals surface area (Å²) < 4.78 is 34.0. The lowest BCUT2D eigenvalue weighted by Crippen LogP contribution is -2.38. The second kappa shape index (κ2) is 9.35. The fourth-order valence-electron chi connectivity index (χ4n) is 4.05. The van der Waals surface area contributed by atoms with Gasteiger partial charge in [-0.25, -0.2) is 17.9 Å². The highest BCUT2D eigenvalue weighted by Gasteiger charge is 2.25. The summed E-state index contributed by atoms with van der Waals surface area (Å²) in [5.41, 5.74) is -0.515. The number of amides is 1. The van der Waals surface area contributed by atoms with Crippen LogP contribution in [0, 0.1) is 11.8 Å². The van der Waals surface area contributed by atoms with Crippen LogP contribution in [-0.2, 0) is 14.8 Å². The van der Waals surface area contributed by atoms with Crippen LogP contribution in [0.3, 0.4) is 0 Å². The number of carbonyl (C=O) groups is 1. The first-order valence-corrected chi connectivity index (χ1v) is 12.1. The molecule has 0 aliphatic heterocycles. The van der Waals surface area contributed by atoms with Gasteiger partial charge in [0, 0.05) is 18.5 Å². The van der Waals surface area contributed by atoms with Gasteiger partial charge in [-0.05, 0) is 63.3 Å². The summed E-state index contributed by atoms with van der Waals surface area (Å²) in [6.45, 7) is 6.48. The summed E-state index contributed by atoms with van der Waals surface area (Å²) in [7, 11) is -3.59. The third-order valence-electron chi connectivity index (χ3n) is 5.43. The van der Waals surface area contributed by atoms with E-state index in [0.29, 0.717) is 23.9 Å². The molecule has 0 aromatic heterocycles. The number of carbonyl (C=O) groups excluding carboxylic acids is 1. The van der Waals surface area contributed by atoms with Crippen LogP contribution in [0.4, 0.5) is 4.79 Å². The van der Waals surface area contributed by atoms with E-state index < -0.39 is 21.7 Å². The number of ether oxygens (including phenoxy) is 1. The zero-order chi connectivity index (χ0) is 21.8. The number of rotatable bonds is 6. The Labute approximate surface area is 179 Å². The van der Waals surface area contributed by atoms with E-state index in [0.717, 1.165) is 36.5 Å². The van der Waals surface area contributed by atoms with Crippen molar-refractivity contribution in [2.45, 2.75) is 57.0 Å². The van der Waals surface area contributed by atoms with Crippen molar-refractivity contribution in [3.8, 4) is 0 Å². The van der Waals surface area contributed by atoms with Gasteiger partial charge < -0.3 is 10.1 Å². The predicted molar refractivity (Wildman–Crippen MR) is 119 cm³/mol. The average molecular weight is 433 g/mol. The molecule has 1 fully saturated rings. The molecule has 0 spiro atoms. The quantitative estimate of drug-likeness (QED) is 0.706. The van der Waals surface area contributed by atoms with E-state index in [4.69, 9.17) is 4.74 Å². The monoisotopic (exact) mass is 432 g/mol. The van der Waals surface area contributed by atoms with Gasteiger partial charge in [-0.2, -0.15) is 0 Å². The highest BCUT2D eigenvalue weighted by Crippen LogP contribution is 2.29. The first-order chi connectivity index (χ1) is 14.1. The Morgan fingerprint density at radius 3 is 2.43 bits per heavy atom. The van der Waals surface area contributed by atoms with E-state index >= 15 is 0 Å². The van der Waals surface area contributed by atoms with E-state index in [1.807, 2.05) is 51.1 Å². The highest BCUT2D eigenvalue weighted by atomic mass is 32.2. The first-order valence-electron chi connectivity index (χ1n) is 10.6. The molecular formula is C23H32N2O4S. The minimum atomic E-state index is -3.59. The van der Waals surface area contributed by atoms with E-state index in [2.05, 4.69) is 10.0 Å². The topological polar surface area (TPSA) is 84.5 Å². The number of hydrogen-bond acceptors (Lipinski definition) is 4. The summed E-state index contributed by atoms with van der Waals surface area (Å²) in [5, 5.41) is 4.49. The first kappa shape index (κ1) is 22.6. The molecule has 1 saturated carbocycles. The van der Waals surface area contributed by atoms with Gasteiger partial charge in [0.15, 0.2) is 0 Å². The fourth-order valence-corrected chi connectivity index (χ4v) is 5.39. The van der Waals surface area contributed by atoms with Gasteiger partial charge in [-0.1, -0.05) is 42.8 Å². The maximum absolute atomic E-state index is 12.9. The van der Waals surface area contributed by atoms with Crippen molar-refractivity contribution in [3.05, 3.63) is 42.5 Å². The van der Waals surface area contributed by atoms with E-state index in [1.165, 1.54) is 0 Å². The molecule has 6 nitrogen and oxygen atoms in total. The molecule has 0 bridgehead atoms. The second-order valence-corrected chi connectivity index (χ2v) is 10.8. The lowest BCUT2D eigenvalue weighted by atomic mass is 9.81. The summed E-state index contributed by atoms with van der Waals surface area (Å²) >= 11 is 0. The molecule has 2 atom stereocenters. The van der Waals surface area contributed by atoms with Crippen LogP contribution in [0.15, 0.2) is 47.4 Å². The summed E-state index contributed by atoms with van der Waals surface area (Å²) in [6, 6.07) is 12.8. The molecule has 7 heteroatoms. The Bertz CT molecular complexity index is 977. The number of fused-ring (bicyclic) bond motifs is 1. The van der Waals surface area contributed by atoms with Crippen LogP contribution in [0.1, 0.15) is 46.5 Å². The minimum Gasteiger partial charge on any atom is -0.444 e.